The SMILES string of the molecule is O=C(O)c1cccc([N+](=O)[O-])c1N(CCO)CC(F)(F)F. The first-order valence-electron chi connectivity index (χ1n) is 5.60. The van der Waals surface area contributed by atoms with Crippen molar-refractivity contribution < 1.29 is 33.1 Å². The molecule has 1 rings (SSSR count). The Morgan fingerprint density at radius 1 is 1.38 bits per heavy atom. The van der Waals surface area contributed by atoms with Gasteiger partial charge in [-0.1, -0.05) is 6.07 Å². The largest absolute Gasteiger partial charge is 0.478 e. The molecule has 1 aromatic carbocycles. The fourth-order valence-corrected chi connectivity index (χ4v) is 1.79. The first-order valence-corrected chi connectivity index (χ1v) is 5.60. The van der Waals surface area contributed by atoms with Crippen molar-refractivity contribution in [3.8, 4) is 0 Å². The standard InChI is InChI=1S/C11H11F3N2O5/c12-11(13,14)6-15(4-5-17)9-7(10(18)19)2-1-3-8(9)16(20)21/h1-3,17H,4-6H2,(H,18,19). The van der Waals surface area contributed by atoms with Gasteiger partial charge in [0.05, 0.1) is 17.1 Å². The maximum Gasteiger partial charge on any atom is 0.405 e. The molecule has 7 nitrogen and oxygen atoms in total. The fourth-order valence-electron chi connectivity index (χ4n) is 1.79. The number of anilines is 1. The molecule has 0 saturated carbocycles. The number of nitro groups is 1. The van der Waals surface area contributed by atoms with E-state index < -0.39 is 53.7 Å². The van der Waals surface area contributed by atoms with Crippen molar-refractivity contribution in [3.63, 3.8) is 0 Å². The van der Waals surface area contributed by atoms with E-state index in [-0.39, 0.29) is 0 Å². The van der Waals surface area contributed by atoms with E-state index in [4.69, 9.17) is 10.2 Å². The van der Waals surface area contributed by atoms with Crippen LogP contribution in [0.25, 0.3) is 0 Å². The number of carboxylic acid groups (broad SMARTS) is 1. The normalized spacial score (nSPS) is 11.2. The first kappa shape index (κ1) is 16.7. The summed E-state index contributed by atoms with van der Waals surface area (Å²) in [7, 11) is 0. The molecule has 0 saturated heterocycles. The molecule has 0 heterocycles. The van der Waals surface area contributed by atoms with Crippen LogP contribution in [0, 0.1) is 10.1 Å². The van der Waals surface area contributed by atoms with Gasteiger partial charge in [0.1, 0.15) is 12.2 Å². The number of hydrogen-bond acceptors (Lipinski definition) is 5. The molecule has 2 N–H and O–H groups in total. The van der Waals surface area contributed by atoms with Crippen molar-refractivity contribution in [3.05, 3.63) is 33.9 Å². The van der Waals surface area contributed by atoms with Gasteiger partial charge in [-0.15, -0.1) is 0 Å². The minimum atomic E-state index is -4.71. The molecular weight excluding hydrogens is 297 g/mol. The topological polar surface area (TPSA) is 104 Å². The molecule has 0 aliphatic heterocycles. The molecule has 116 valence electrons. The maximum absolute atomic E-state index is 12.5. The van der Waals surface area contributed by atoms with Crippen molar-refractivity contribution in [2.24, 2.45) is 0 Å². The number of alkyl halides is 3. The molecule has 0 fully saturated rings. The van der Waals surface area contributed by atoms with Crippen molar-refractivity contribution in [1.29, 1.82) is 0 Å². The van der Waals surface area contributed by atoms with E-state index in [2.05, 4.69) is 0 Å². The van der Waals surface area contributed by atoms with Crippen LogP contribution in [-0.4, -0.2) is 47.0 Å². The van der Waals surface area contributed by atoms with Crippen molar-refractivity contribution in [2.45, 2.75) is 6.18 Å². The lowest BCUT2D eigenvalue weighted by molar-refractivity contribution is -0.384. The van der Waals surface area contributed by atoms with Gasteiger partial charge in [-0.2, -0.15) is 13.2 Å². The lowest BCUT2D eigenvalue weighted by Gasteiger charge is -2.26. The van der Waals surface area contributed by atoms with Crippen LogP contribution in [0.15, 0.2) is 18.2 Å². The number of aromatic carboxylic acids is 1. The van der Waals surface area contributed by atoms with E-state index in [9.17, 15) is 28.1 Å². The van der Waals surface area contributed by atoms with Crippen LogP contribution in [0.5, 0.6) is 0 Å². The molecule has 0 bridgehead atoms. The van der Waals surface area contributed by atoms with Crippen molar-refractivity contribution in [2.75, 3.05) is 24.6 Å². The summed E-state index contributed by atoms with van der Waals surface area (Å²) in [4.78, 5) is 21.5. The molecule has 0 spiro atoms. The Kier molecular flexibility index (Phi) is 5.08. The minimum Gasteiger partial charge on any atom is -0.478 e. The average Bonchev–Trinajstić information content (AvgIpc) is 2.35. The first-order chi connectivity index (χ1) is 9.67. The van der Waals surface area contributed by atoms with Gasteiger partial charge in [-0.25, -0.2) is 4.79 Å². The molecule has 0 aromatic heterocycles. The van der Waals surface area contributed by atoms with Crippen molar-refractivity contribution >= 4 is 17.3 Å². The van der Waals surface area contributed by atoms with Crippen LogP contribution in [0.1, 0.15) is 10.4 Å². The summed E-state index contributed by atoms with van der Waals surface area (Å²) < 4.78 is 37.6. The van der Waals surface area contributed by atoms with Crippen LogP contribution < -0.4 is 4.90 Å². The molecule has 21 heavy (non-hydrogen) atoms. The summed E-state index contributed by atoms with van der Waals surface area (Å²) in [5.74, 6) is -1.60. The third kappa shape index (κ3) is 4.31. The van der Waals surface area contributed by atoms with E-state index in [1.807, 2.05) is 0 Å². The monoisotopic (exact) mass is 308 g/mol. The van der Waals surface area contributed by atoms with Gasteiger partial charge >= 0.3 is 12.1 Å². The predicted octanol–water partition coefficient (Wildman–Crippen LogP) is 1.65. The third-order valence-electron chi connectivity index (χ3n) is 2.50. The highest BCUT2D eigenvalue weighted by Gasteiger charge is 2.35. The van der Waals surface area contributed by atoms with Crippen LogP contribution in [0.4, 0.5) is 24.5 Å². The number of halogens is 3. The smallest absolute Gasteiger partial charge is 0.405 e. The summed E-state index contributed by atoms with van der Waals surface area (Å²) in [6.07, 6.45) is -4.71. The Balaban J connectivity index is 3.46. The molecule has 0 radical (unpaired) electrons. The summed E-state index contributed by atoms with van der Waals surface area (Å²) in [5.41, 5.74) is -2.09. The summed E-state index contributed by atoms with van der Waals surface area (Å²) >= 11 is 0. The molecule has 1 aromatic rings. The van der Waals surface area contributed by atoms with Gasteiger partial charge in [0.2, 0.25) is 0 Å². The summed E-state index contributed by atoms with van der Waals surface area (Å²) in [5, 5.41) is 28.7. The molecular formula is C11H11F3N2O5. The quantitative estimate of drug-likeness (QED) is 0.612. The molecule has 0 aliphatic carbocycles. The van der Waals surface area contributed by atoms with E-state index in [1.54, 1.807) is 0 Å². The highest BCUT2D eigenvalue weighted by Crippen LogP contribution is 2.34. The summed E-state index contributed by atoms with van der Waals surface area (Å²) in [6, 6.07) is 2.93. The highest BCUT2D eigenvalue weighted by atomic mass is 19.4. The number of rotatable bonds is 6. The van der Waals surface area contributed by atoms with Gasteiger partial charge < -0.3 is 15.1 Å². The van der Waals surface area contributed by atoms with Gasteiger partial charge in [-0.3, -0.25) is 10.1 Å². The number of aliphatic hydroxyl groups is 1. The fraction of sp³-hybridized carbons (Fsp3) is 0.364. The molecule has 0 aliphatic rings. The number of nitrogens with zero attached hydrogens (tertiary/aromatic N) is 2. The third-order valence-corrected chi connectivity index (χ3v) is 2.50. The second kappa shape index (κ2) is 6.39. The Labute approximate surface area is 116 Å². The zero-order valence-electron chi connectivity index (χ0n) is 10.5. The second-order valence-electron chi connectivity index (χ2n) is 4.00. The molecule has 10 heteroatoms. The maximum atomic E-state index is 12.5. The van der Waals surface area contributed by atoms with Crippen LogP contribution >= 0.6 is 0 Å². The Hall–Kier alpha value is -2.36. The number of hydrogen-bond donors (Lipinski definition) is 2. The van der Waals surface area contributed by atoms with E-state index >= 15 is 0 Å². The number of benzene rings is 1. The average molecular weight is 308 g/mol. The van der Waals surface area contributed by atoms with Gasteiger partial charge in [-0.05, 0) is 6.07 Å². The van der Waals surface area contributed by atoms with Gasteiger partial charge in [0.15, 0.2) is 0 Å². The van der Waals surface area contributed by atoms with E-state index in [0.29, 0.717) is 4.90 Å². The molecule has 0 amide bonds. The lowest BCUT2D eigenvalue weighted by Crippen LogP contribution is -2.37. The number of carboxylic acids is 1. The number of aliphatic hydroxyl groups excluding tert-OH is 1. The second-order valence-corrected chi connectivity index (χ2v) is 4.00. The molecule has 0 unspecified atom stereocenters. The zero-order chi connectivity index (χ0) is 16.2. The van der Waals surface area contributed by atoms with Crippen LogP contribution in [0.2, 0.25) is 0 Å². The van der Waals surface area contributed by atoms with Crippen LogP contribution in [0.3, 0.4) is 0 Å². The predicted molar refractivity (Wildman–Crippen MR) is 65.4 cm³/mol. The van der Waals surface area contributed by atoms with Gasteiger partial charge in [0.25, 0.3) is 5.69 Å². The number of para-hydroxylation sites is 1. The Bertz CT molecular complexity index is 515. The Morgan fingerprint density at radius 3 is 2.43 bits per heavy atom. The highest BCUT2D eigenvalue weighted by molar-refractivity contribution is 5.97. The number of nitro benzene ring substituents is 1. The Morgan fingerprint density at radius 2 is 2.00 bits per heavy atom. The number of carbonyl (C=O) groups is 1. The molecule has 0 atom stereocenters. The van der Waals surface area contributed by atoms with Crippen LogP contribution in [-0.2, 0) is 0 Å². The lowest BCUT2D eigenvalue weighted by atomic mass is 10.1. The zero-order valence-corrected chi connectivity index (χ0v) is 10.5. The van der Waals surface area contributed by atoms with Gasteiger partial charge in [0, 0.05) is 12.6 Å². The van der Waals surface area contributed by atoms with Crippen molar-refractivity contribution in [1.82, 2.24) is 0 Å². The van der Waals surface area contributed by atoms with E-state index in [0.717, 1.165) is 18.2 Å². The summed E-state index contributed by atoms with van der Waals surface area (Å²) in [6.45, 7) is -2.93. The minimum absolute atomic E-state index is 0.432. The van der Waals surface area contributed by atoms with E-state index in [1.165, 1.54) is 0 Å².